The molecule has 0 radical (unpaired) electrons. The number of para-hydroxylation sites is 1. The summed E-state index contributed by atoms with van der Waals surface area (Å²) >= 11 is 5.84. The number of nitrogens with zero attached hydrogens (tertiary/aromatic N) is 1. The van der Waals surface area contributed by atoms with Crippen LogP contribution in [0, 0.1) is 0 Å². The largest absolute Gasteiger partial charge is 0.494 e. The van der Waals surface area contributed by atoms with E-state index >= 15 is 0 Å². The molecule has 132 valence electrons. The highest BCUT2D eigenvalue weighted by Gasteiger charge is 2.25. The Balaban J connectivity index is 1.35. The lowest BCUT2D eigenvalue weighted by molar-refractivity contribution is -0.130. The fourth-order valence-corrected chi connectivity index (χ4v) is 3.10. The summed E-state index contributed by atoms with van der Waals surface area (Å²) in [6, 6.07) is 17.7. The minimum absolute atomic E-state index is 0.206. The minimum atomic E-state index is 0.206. The van der Waals surface area contributed by atoms with Crippen LogP contribution in [0.5, 0.6) is 5.75 Å². The maximum absolute atomic E-state index is 12.3. The summed E-state index contributed by atoms with van der Waals surface area (Å²) in [6.07, 6.45) is 2.22. The zero-order chi connectivity index (χ0) is 17.5. The Morgan fingerprint density at radius 1 is 1.16 bits per heavy atom. The zero-order valence-corrected chi connectivity index (χ0v) is 14.9. The van der Waals surface area contributed by atoms with Crippen molar-refractivity contribution in [1.82, 2.24) is 4.90 Å². The smallest absolute Gasteiger partial charge is 0.222 e. The molecule has 1 atom stereocenters. The van der Waals surface area contributed by atoms with Crippen LogP contribution in [0.25, 0.3) is 0 Å². The van der Waals surface area contributed by atoms with Crippen molar-refractivity contribution in [3.05, 3.63) is 59.6 Å². The molecule has 2 aromatic carbocycles. The SMILES string of the molecule is O=C(CCCOc1ccc(Cl)cc1)N1CCC(Nc2ccccc2)C1. The Kier molecular flexibility index (Phi) is 6.18. The molecule has 1 saturated heterocycles. The van der Waals surface area contributed by atoms with Crippen LogP contribution in [0.3, 0.4) is 0 Å². The molecule has 1 amide bonds. The number of likely N-dealkylation sites (tertiary alicyclic amines) is 1. The Bertz CT molecular complexity index is 676. The number of amides is 1. The second kappa shape index (κ2) is 8.77. The van der Waals surface area contributed by atoms with Gasteiger partial charge in [0.2, 0.25) is 5.91 Å². The number of carbonyl (C=O) groups excluding carboxylic acids is 1. The first kappa shape index (κ1) is 17.6. The van der Waals surface area contributed by atoms with E-state index in [0.29, 0.717) is 24.1 Å². The number of hydrogen-bond donors (Lipinski definition) is 1. The number of ether oxygens (including phenoxy) is 1. The summed E-state index contributed by atoms with van der Waals surface area (Å²) in [5, 5.41) is 4.18. The van der Waals surface area contributed by atoms with Gasteiger partial charge in [0.05, 0.1) is 6.61 Å². The third-order valence-corrected chi connectivity index (χ3v) is 4.55. The molecule has 1 unspecified atom stereocenters. The van der Waals surface area contributed by atoms with E-state index in [9.17, 15) is 4.79 Å². The van der Waals surface area contributed by atoms with Crippen LogP contribution in [0.1, 0.15) is 19.3 Å². The zero-order valence-electron chi connectivity index (χ0n) is 14.2. The topological polar surface area (TPSA) is 41.6 Å². The van der Waals surface area contributed by atoms with Crippen molar-refractivity contribution in [2.45, 2.75) is 25.3 Å². The van der Waals surface area contributed by atoms with Gasteiger partial charge in [-0.1, -0.05) is 29.8 Å². The Morgan fingerprint density at radius 2 is 1.92 bits per heavy atom. The van der Waals surface area contributed by atoms with Gasteiger partial charge in [-0.3, -0.25) is 4.79 Å². The summed E-state index contributed by atoms with van der Waals surface area (Å²) in [5.74, 6) is 0.988. The molecule has 4 nitrogen and oxygen atoms in total. The lowest BCUT2D eigenvalue weighted by Gasteiger charge is -2.18. The number of halogens is 1. The predicted molar refractivity (Wildman–Crippen MR) is 101 cm³/mol. The van der Waals surface area contributed by atoms with Crippen LogP contribution in [-0.4, -0.2) is 36.5 Å². The molecule has 0 spiro atoms. The second-order valence-corrected chi connectivity index (χ2v) is 6.68. The van der Waals surface area contributed by atoms with Gasteiger partial charge in [0.1, 0.15) is 5.75 Å². The molecule has 1 aliphatic heterocycles. The monoisotopic (exact) mass is 358 g/mol. The van der Waals surface area contributed by atoms with Gasteiger partial charge in [-0.15, -0.1) is 0 Å². The molecule has 1 aliphatic rings. The van der Waals surface area contributed by atoms with Gasteiger partial charge >= 0.3 is 0 Å². The quantitative estimate of drug-likeness (QED) is 0.754. The van der Waals surface area contributed by atoms with Crippen LogP contribution >= 0.6 is 11.6 Å². The maximum atomic E-state index is 12.3. The second-order valence-electron chi connectivity index (χ2n) is 6.24. The molecule has 0 aromatic heterocycles. The highest BCUT2D eigenvalue weighted by Crippen LogP contribution is 2.18. The van der Waals surface area contributed by atoms with Crippen LogP contribution < -0.4 is 10.1 Å². The average Bonchev–Trinajstić information content (AvgIpc) is 3.09. The Hall–Kier alpha value is -2.20. The molecule has 25 heavy (non-hydrogen) atoms. The van der Waals surface area contributed by atoms with Crippen LogP contribution in [0.15, 0.2) is 54.6 Å². The van der Waals surface area contributed by atoms with Gasteiger partial charge in [0, 0.05) is 36.3 Å². The molecule has 3 rings (SSSR count). The molecular weight excluding hydrogens is 336 g/mol. The predicted octanol–water partition coefficient (Wildman–Crippen LogP) is 4.21. The molecule has 0 bridgehead atoms. The van der Waals surface area contributed by atoms with Gasteiger partial charge in [-0.25, -0.2) is 0 Å². The van der Waals surface area contributed by atoms with E-state index < -0.39 is 0 Å². The summed E-state index contributed by atoms with van der Waals surface area (Å²) in [5.41, 5.74) is 1.11. The van der Waals surface area contributed by atoms with Crippen molar-refractivity contribution in [1.29, 1.82) is 0 Å². The van der Waals surface area contributed by atoms with E-state index in [4.69, 9.17) is 16.3 Å². The normalized spacial score (nSPS) is 16.7. The summed E-state index contributed by atoms with van der Waals surface area (Å²) < 4.78 is 5.63. The lowest BCUT2D eigenvalue weighted by atomic mass is 10.2. The number of benzene rings is 2. The number of nitrogens with one attached hydrogen (secondary N) is 1. The number of hydrogen-bond acceptors (Lipinski definition) is 3. The number of anilines is 1. The molecule has 5 heteroatoms. The number of carbonyl (C=O) groups is 1. The van der Waals surface area contributed by atoms with E-state index in [1.54, 1.807) is 12.1 Å². The summed E-state index contributed by atoms with van der Waals surface area (Å²) in [6.45, 7) is 2.13. The van der Waals surface area contributed by atoms with Crippen molar-refractivity contribution in [3.8, 4) is 5.75 Å². The fourth-order valence-electron chi connectivity index (χ4n) is 2.98. The first-order chi connectivity index (χ1) is 12.2. The summed E-state index contributed by atoms with van der Waals surface area (Å²) in [7, 11) is 0. The standard InChI is InChI=1S/C20H23ClN2O2/c21-16-8-10-19(11-9-16)25-14-4-7-20(24)23-13-12-18(15-23)22-17-5-2-1-3-6-17/h1-3,5-6,8-11,18,22H,4,7,12-15H2. The Labute approximate surface area is 153 Å². The molecule has 1 N–H and O–H groups in total. The molecule has 0 aliphatic carbocycles. The van der Waals surface area contributed by atoms with Gasteiger partial charge in [0.15, 0.2) is 0 Å². The third kappa shape index (κ3) is 5.40. The molecule has 1 fully saturated rings. The molecule has 0 saturated carbocycles. The summed E-state index contributed by atoms with van der Waals surface area (Å²) in [4.78, 5) is 14.3. The Morgan fingerprint density at radius 3 is 2.68 bits per heavy atom. The van der Waals surface area contributed by atoms with Crippen molar-refractivity contribution in [2.24, 2.45) is 0 Å². The first-order valence-electron chi connectivity index (χ1n) is 8.68. The first-order valence-corrected chi connectivity index (χ1v) is 9.06. The van der Waals surface area contributed by atoms with Crippen LogP contribution in [-0.2, 0) is 4.79 Å². The average molecular weight is 359 g/mol. The minimum Gasteiger partial charge on any atom is -0.494 e. The van der Waals surface area contributed by atoms with Crippen molar-refractivity contribution in [2.75, 3.05) is 25.0 Å². The van der Waals surface area contributed by atoms with E-state index in [1.165, 1.54) is 0 Å². The lowest BCUT2D eigenvalue weighted by Crippen LogP contribution is -2.31. The van der Waals surface area contributed by atoms with Gasteiger partial charge in [-0.05, 0) is 49.2 Å². The van der Waals surface area contributed by atoms with Crippen molar-refractivity contribution < 1.29 is 9.53 Å². The molecular formula is C20H23ClN2O2. The third-order valence-electron chi connectivity index (χ3n) is 4.30. The van der Waals surface area contributed by atoms with E-state index in [-0.39, 0.29) is 5.91 Å². The molecule has 1 heterocycles. The van der Waals surface area contributed by atoms with Crippen LogP contribution in [0.2, 0.25) is 5.02 Å². The van der Waals surface area contributed by atoms with E-state index in [1.807, 2.05) is 35.2 Å². The molecule has 2 aromatic rings. The fraction of sp³-hybridized carbons (Fsp3) is 0.350. The van der Waals surface area contributed by atoms with Gasteiger partial charge < -0.3 is 15.0 Å². The van der Waals surface area contributed by atoms with E-state index in [2.05, 4.69) is 17.4 Å². The van der Waals surface area contributed by atoms with Gasteiger partial charge in [0.25, 0.3) is 0 Å². The van der Waals surface area contributed by atoms with Gasteiger partial charge in [-0.2, -0.15) is 0 Å². The van der Waals surface area contributed by atoms with Crippen LogP contribution in [0.4, 0.5) is 5.69 Å². The van der Waals surface area contributed by atoms with E-state index in [0.717, 1.165) is 37.4 Å². The highest BCUT2D eigenvalue weighted by atomic mass is 35.5. The van der Waals surface area contributed by atoms with Crippen molar-refractivity contribution in [3.63, 3.8) is 0 Å². The van der Waals surface area contributed by atoms with Crippen molar-refractivity contribution >= 4 is 23.2 Å². The number of rotatable bonds is 7. The maximum Gasteiger partial charge on any atom is 0.222 e. The highest BCUT2D eigenvalue weighted by molar-refractivity contribution is 6.30.